The SMILES string of the molecule is CN(C(=O)[C@@H](N)CCc1cc(F)cc(F)c1)c1ccc(N2CCOCC2)cc1. The van der Waals surface area contributed by atoms with E-state index in [1.165, 1.54) is 17.0 Å². The lowest BCUT2D eigenvalue weighted by atomic mass is 10.0. The van der Waals surface area contributed by atoms with Crippen LogP contribution in [0.1, 0.15) is 12.0 Å². The lowest BCUT2D eigenvalue weighted by Crippen LogP contribution is -2.42. The molecule has 5 nitrogen and oxygen atoms in total. The number of nitrogens with two attached hydrogens (primary N) is 1. The summed E-state index contributed by atoms with van der Waals surface area (Å²) >= 11 is 0. The monoisotopic (exact) mass is 389 g/mol. The molecule has 3 rings (SSSR count). The van der Waals surface area contributed by atoms with Gasteiger partial charge in [-0.3, -0.25) is 4.79 Å². The molecule has 2 aromatic carbocycles. The summed E-state index contributed by atoms with van der Waals surface area (Å²) in [4.78, 5) is 16.4. The molecule has 28 heavy (non-hydrogen) atoms. The summed E-state index contributed by atoms with van der Waals surface area (Å²) in [5.41, 5.74) is 8.34. The molecule has 0 bridgehead atoms. The number of morpholine rings is 1. The van der Waals surface area contributed by atoms with Crippen LogP contribution in [0.25, 0.3) is 0 Å². The molecule has 1 aliphatic heterocycles. The smallest absolute Gasteiger partial charge is 0.243 e. The summed E-state index contributed by atoms with van der Waals surface area (Å²) in [5.74, 6) is -1.50. The first-order chi connectivity index (χ1) is 13.4. The largest absolute Gasteiger partial charge is 0.378 e. The van der Waals surface area contributed by atoms with Crippen molar-refractivity contribution in [1.82, 2.24) is 0 Å². The molecule has 1 atom stereocenters. The summed E-state index contributed by atoms with van der Waals surface area (Å²) < 4.78 is 31.9. The van der Waals surface area contributed by atoms with Crippen LogP contribution in [0, 0.1) is 11.6 Å². The van der Waals surface area contributed by atoms with Gasteiger partial charge in [0, 0.05) is 37.6 Å². The molecule has 0 radical (unpaired) electrons. The van der Waals surface area contributed by atoms with Crippen molar-refractivity contribution in [2.24, 2.45) is 5.73 Å². The Bertz CT molecular complexity index is 788. The maximum absolute atomic E-state index is 13.3. The van der Waals surface area contributed by atoms with Gasteiger partial charge < -0.3 is 20.3 Å². The standard InChI is InChI=1S/C21H25F2N3O2/c1-25(18-3-5-19(6-4-18)26-8-10-28-11-9-26)21(27)20(24)7-2-15-12-16(22)14-17(23)13-15/h3-6,12-14,20H,2,7-11,24H2,1H3/t20-/m0/s1. The van der Waals surface area contributed by atoms with Gasteiger partial charge in [0.2, 0.25) is 5.91 Å². The molecule has 150 valence electrons. The number of hydrogen-bond donors (Lipinski definition) is 1. The summed E-state index contributed by atoms with van der Waals surface area (Å²) in [5, 5.41) is 0. The number of amides is 1. The average Bonchev–Trinajstić information content (AvgIpc) is 2.71. The van der Waals surface area contributed by atoms with Gasteiger partial charge in [-0.05, 0) is 54.8 Å². The van der Waals surface area contributed by atoms with Crippen LogP contribution in [0.4, 0.5) is 20.2 Å². The van der Waals surface area contributed by atoms with Gasteiger partial charge in [0.15, 0.2) is 0 Å². The number of halogens is 2. The van der Waals surface area contributed by atoms with Crippen LogP contribution in [-0.2, 0) is 16.0 Å². The summed E-state index contributed by atoms with van der Waals surface area (Å²) in [6.45, 7) is 3.12. The first-order valence-electron chi connectivity index (χ1n) is 9.35. The second kappa shape index (κ2) is 9.12. The quantitative estimate of drug-likeness (QED) is 0.825. The Labute approximate surface area is 163 Å². The highest BCUT2D eigenvalue weighted by Gasteiger charge is 2.20. The van der Waals surface area contributed by atoms with Gasteiger partial charge in [0.05, 0.1) is 19.3 Å². The fourth-order valence-electron chi connectivity index (χ4n) is 3.29. The Kier molecular flexibility index (Phi) is 6.59. The van der Waals surface area contributed by atoms with Crippen molar-refractivity contribution in [3.63, 3.8) is 0 Å². The van der Waals surface area contributed by atoms with E-state index in [1.54, 1.807) is 7.05 Å². The van der Waals surface area contributed by atoms with Crippen molar-refractivity contribution in [1.29, 1.82) is 0 Å². The number of likely N-dealkylation sites (N-methyl/N-ethyl adjacent to an activating group) is 1. The Hall–Kier alpha value is -2.51. The fourth-order valence-corrected chi connectivity index (χ4v) is 3.29. The molecule has 0 unspecified atom stereocenters. The second-order valence-electron chi connectivity index (χ2n) is 6.94. The van der Waals surface area contributed by atoms with Gasteiger partial charge in [-0.2, -0.15) is 0 Å². The minimum atomic E-state index is -0.754. The zero-order valence-corrected chi connectivity index (χ0v) is 15.9. The van der Waals surface area contributed by atoms with Gasteiger partial charge in [-0.1, -0.05) is 0 Å². The molecule has 0 aliphatic carbocycles. The summed E-state index contributed by atoms with van der Waals surface area (Å²) in [6.07, 6.45) is 0.628. The van der Waals surface area contributed by atoms with Gasteiger partial charge in [-0.25, -0.2) is 8.78 Å². The van der Waals surface area contributed by atoms with Crippen LogP contribution >= 0.6 is 0 Å². The molecular weight excluding hydrogens is 364 g/mol. The third-order valence-corrected chi connectivity index (χ3v) is 4.93. The predicted octanol–water partition coefficient (Wildman–Crippen LogP) is 2.72. The van der Waals surface area contributed by atoms with Gasteiger partial charge >= 0.3 is 0 Å². The Balaban J connectivity index is 1.58. The van der Waals surface area contributed by atoms with Gasteiger partial charge in [0.25, 0.3) is 0 Å². The zero-order valence-electron chi connectivity index (χ0n) is 15.9. The van der Waals surface area contributed by atoms with E-state index in [4.69, 9.17) is 10.5 Å². The normalized spacial score (nSPS) is 15.4. The van der Waals surface area contributed by atoms with Crippen molar-refractivity contribution in [2.45, 2.75) is 18.9 Å². The van der Waals surface area contributed by atoms with Crippen molar-refractivity contribution in [3.8, 4) is 0 Å². The molecule has 2 N–H and O–H groups in total. The van der Waals surface area contributed by atoms with Crippen LogP contribution in [0.2, 0.25) is 0 Å². The minimum absolute atomic E-state index is 0.240. The molecule has 0 aromatic heterocycles. The number of carbonyl (C=O) groups is 1. The number of benzene rings is 2. The topological polar surface area (TPSA) is 58.8 Å². The van der Waals surface area contributed by atoms with Crippen LogP contribution in [0.3, 0.4) is 0 Å². The molecule has 1 heterocycles. The number of nitrogens with zero attached hydrogens (tertiary/aromatic N) is 2. The van der Waals surface area contributed by atoms with Gasteiger partial charge in [-0.15, -0.1) is 0 Å². The molecule has 0 saturated carbocycles. The number of carbonyl (C=O) groups excluding carboxylic acids is 1. The predicted molar refractivity (Wildman–Crippen MR) is 106 cm³/mol. The van der Waals surface area contributed by atoms with E-state index < -0.39 is 17.7 Å². The molecule has 2 aromatic rings. The highest BCUT2D eigenvalue weighted by Crippen LogP contribution is 2.22. The molecule has 1 aliphatic rings. The third-order valence-electron chi connectivity index (χ3n) is 4.93. The fraction of sp³-hybridized carbons (Fsp3) is 0.381. The lowest BCUT2D eigenvalue weighted by molar-refractivity contribution is -0.119. The third kappa shape index (κ3) is 5.05. The molecule has 0 spiro atoms. The van der Waals surface area contributed by atoms with Crippen molar-refractivity contribution in [3.05, 3.63) is 59.7 Å². The Morgan fingerprint density at radius 2 is 1.75 bits per heavy atom. The summed E-state index contributed by atoms with van der Waals surface area (Å²) in [7, 11) is 1.67. The van der Waals surface area contributed by atoms with Crippen molar-refractivity contribution >= 4 is 17.3 Å². The van der Waals surface area contributed by atoms with E-state index in [0.29, 0.717) is 31.6 Å². The Morgan fingerprint density at radius 3 is 2.36 bits per heavy atom. The molecule has 7 heteroatoms. The minimum Gasteiger partial charge on any atom is -0.378 e. The van der Waals surface area contributed by atoms with Gasteiger partial charge in [0.1, 0.15) is 11.6 Å². The molecule has 1 fully saturated rings. The Morgan fingerprint density at radius 1 is 1.14 bits per heavy atom. The molecular formula is C21H25F2N3O2. The number of rotatable bonds is 6. The number of ether oxygens (including phenoxy) is 1. The highest BCUT2D eigenvalue weighted by atomic mass is 19.1. The lowest BCUT2D eigenvalue weighted by Gasteiger charge is -2.29. The van der Waals surface area contributed by atoms with E-state index in [9.17, 15) is 13.6 Å². The first kappa shape index (κ1) is 20.2. The first-order valence-corrected chi connectivity index (χ1v) is 9.35. The van der Waals surface area contributed by atoms with Crippen LogP contribution in [0.5, 0.6) is 0 Å². The number of aryl methyl sites for hydroxylation is 1. The number of hydrogen-bond acceptors (Lipinski definition) is 4. The van der Waals surface area contributed by atoms with E-state index in [1.807, 2.05) is 24.3 Å². The zero-order chi connectivity index (χ0) is 20.1. The van der Waals surface area contributed by atoms with E-state index in [2.05, 4.69) is 4.90 Å². The second-order valence-corrected chi connectivity index (χ2v) is 6.94. The molecule has 1 amide bonds. The number of anilines is 2. The maximum atomic E-state index is 13.3. The molecule has 1 saturated heterocycles. The van der Waals surface area contributed by atoms with Crippen LogP contribution in [0.15, 0.2) is 42.5 Å². The summed E-state index contributed by atoms with van der Waals surface area (Å²) in [6, 6.07) is 10.3. The maximum Gasteiger partial charge on any atom is 0.243 e. The highest BCUT2D eigenvalue weighted by molar-refractivity contribution is 5.96. The average molecular weight is 389 g/mol. The van der Waals surface area contributed by atoms with E-state index in [-0.39, 0.29) is 5.91 Å². The van der Waals surface area contributed by atoms with Crippen LogP contribution < -0.4 is 15.5 Å². The van der Waals surface area contributed by atoms with Crippen molar-refractivity contribution < 1.29 is 18.3 Å². The van der Waals surface area contributed by atoms with Crippen molar-refractivity contribution in [2.75, 3.05) is 43.2 Å². The van der Waals surface area contributed by atoms with Crippen LogP contribution in [-0.4, -0.2) is 45.3 Å². The van der Waals surface area contributed by atoms with E-state index in [0.717, 1.165) is 30.5 Å². The van der Waals surface area contributed by atoms with E-state index >= 15 is 0 Å².